The number of benzene rings is 3. The average Bonchev–Trinajstić information content (AvgIpc) is 3.22. The maximum Gasteiger partial charge on any atom is 0.387 e. The molecule has 3 aromatic carbocycles. The Bertz CT molecular complexity index is 1320. The number of carbonyl (C=O) groups excluding carboxylic acids is 1. The van der Waals surface area contributed by atoms with Crippen LogP contribution < -0.4 is 14.8 Å². The fourth-order valence-electron chi connectivity index (χ4n) is 3.37. The van der Waals surface area contributed by atoms with Gasteiger partial charge < -0.3 is 19.8 Å². The summed E-state index contributed by atoms with van der Waals surface area (Å²) >= 11 is 5.33. The molecule has 0 saturated heterocycles. The number of imidazole rings is 1. The maximum absolute atomic E-state index is 13.0. The number of methoxy groups -OCH3 is 1. The number of alkyl halides is 2. The van der Waals surface area contributed by atoms with Crippen LogP contribution in [0.2, 0.25) is 0 Å². The van der Waals surface area contributed by atoms with Crippen LogP contribution >= 0.6 is 12.2 Å². The third-order valence-corrected chi connectivity index (χ3v) is 5.18. The molecule has 168 valence electrons. The highest BCUT2D eigenvalue weighted by atomic mass is 32.1. The molecule has 0 aliphatic carbocycles. The lowest BCUT2D eigenvalue weighted by atomic mass is 10.0. The second-order valence-corrected chi connectivity index (χ2v) is 7.31. The number of H-pyrrole nitrogens is 1. The molecule has 33 heavy (non-hydrogen) atoms. The van der Waals surface area contributed by atoms with Crippen molar-refractivity contribution in [2.24, 2.45) is 0 Å². The van der Waals surface area contributed by atoms with Crippen molar-refractivity contribution in [1.82, 2.24) is 9.55 Å². The van der Waals surface area contributed by atoms with Crippen molar-refractivity contribution in [2.75, 3.05) is 12.4 Å². The molecule has 1 aromatic heterocycles. The molecular formula is C24H19F2N3O3S. The molecule has 0 aliphatic heterocycles. The number of aromatic nitrogens is 2. The maximum atomic E-state index is 13.0. The zero-order valence-electron chi connectivity index (χ0n) is 17.4. The number of carbonyl (C=O) groups is 1. The largest absolute Gasteiger partial charge is 0.497 e. The quantitative estimate of drug-likeness (QED) is 0.324. The van der Waals surface area contributed by atoms with Crippen LogP contribution in [0.3, 0.4) is 0 Å². The van der Waals surface area contributed by atoms with Crippen molar-refractivity contribution < 1.29 is 23.0 Å². The number of ether oxygens (including phenoxy) is 2. The summed E-state index contributed by atoms with van der Waals surface area (Å²) in [5.74, 6) is 0.189. The molecule has 1 amide bonds. The predicted octanol–water partition coefficient (Wildman–Crippen LogP) is 6.06. The van der Waals surface area contributed by atoms with E-state index in [0.717, 1.165) is 5.69 Å². The van der Waals surface area contributed by atoms with Crippen LogP contribution in [0.1, 0.15) is 10.5 Å². The molecule has 4 aromatic rings. The standard InChI is InChI=1S/C24H19F2N3O3S/c1-31-18-10-7-15(8-11-18)19-13-16(9-12-21(19)32-23(25)26)28-22(30)20-14-27-24(33)29(20)17-5-3-2-4-6-17/h2-14,23H,1H3,(H,27,33)(H,28,30). The predicted molar refractivity (Wildman–Crippen MR) is 124 cm³/mol. The number of nitrogens with zero attached hydrogens (tertiary/aromatic N) is 1. The van der Waals surface area contributed by atoms with Crippen LogP contribution in [0.15, 0.2) is 79.0 Å². The molecule has 2 N–H and O–H groups in total. The molecule has 9 heteroatoms. The molecule has 0 fully saturated rings. The van der Waals surface area contributed by atoms with Gasteiger partial charge in [0.15, 0.2) is 4.77 Å². The lowest BCUT2D eigenvalue weighted by Gasteiger charge is -2.14. The van der Waals surface area contributed by atoms with Gasteiger partial charge in [-0.3, -0.25) is 9.36 Å². The van der Waals surface area contributed by atoms with Gasteiger partial charge in [0.1, 0.15) is 17.2 Å². The fraction of sp³-hybridized carbons (Fsp3) is 0.0833. The van der Waals surface area contributed by atoms with E-state index in [9.17, 15) is 13.6 Å². The Kier molecular flexibility index (Phi) is 6.50. The Hall–Kier alpha value is -3.98. The molecule has 0 atom stereocenters. The van der Waals surface area contributed by atoms with Crippen LogP contribution in [0.5, 0.6) is 11.5 Å². The number of para-hydroxylation sites is 1. The van der Waals surface area contributed by atoms with Crippen molar-refractivity contribution in [3.63, 3.8) is 0 Å². The van der Waals surface area contributed by atoms with Gasteiger partial charge >= 0.3 is 6.61 Å². The number of halogens is 2. The Labute approximate surface area is 193 Å². The van der Waals surface area contributed by atoms with Crippen molar-refractivity contribution >= 4 is 23.8 Å². The molecule has 0 spiro atoms. The summed E-state index contributed by atoms with van der Waals surface area (Å²) in [4.78, 5) is 15.9. The third kappa shape index (κ3) is 4.93. The van der Waals surface area contributed by atoms with Crippen molar-refractivity contribution in [2.45, 2.75) is 6.61 Å². The van der Waals surface area contributed by atoms with Gasteiger partial charge in [-0.1, -0.05) is 30.3 Å². The molecule has 6 nitrogen and oxygen atoms in total. The normalized spacial score (nSPS) is 10.8. The van der Waals surface area contributed by atoms with Gasteiger partial charge in [0, 0.05) is 23.1 Å². The first-order valence-corrected chi connectivity index (χ1v) is 10.3. The minimum absolute atomic E-state index is 0.0120. The van der Waals surface area contributed by atoms with Gasteiger partial charge in [-0.2, -0.15) is 8.78 Å². The number of hydrogen-bond donors (Lipinski definition) is 2. The average molecular weight is 467 g/mol. The number of aromatic amines is 1. The van der Waals surface area contributed by atoms with Crippen molar-refractivity contribution in [3.8, 4) is 28.3 Å². The lowest BCUT2D eigenvalue weighted by Crippen LogP contribution is -2.16. The van der Waals surface area contributed by atoms with E-state index in [2.05, 4.69) is 15.0 Å². The van der Waals surface area contributed by atoms with Crippen LogP contribution in [0.4, 0.5) is 14.5 Å². The summed E-state index contributed by atoms with van der Waals surface area (Å²) in [7, 11) is 1.54. The zero-order chi connectivity index (χ0) is 23.4. The van der Waals surface area contributed by atoms with Crippen molar-refractivity contribution in [3.05, 3.63) is 89.5 Å². The molecule has 0 saturated carbocycles. The molecule has 0 aliphatic rings. The Morgan fingerprint density at radius 2 is 1.79 bits per heavy atom. The van der Waals surface area contributed by atoms with E-state index >= 15 is 0 Å². The van der Waals surface area contributed by atoms with Crippen molar-refractivity contribution in [1.29, 1.82) is 0 Å². The SMILES string of the molecule is COc1ccc(-c2cc(NC(=O)c3c[nH]c(=S)n3-c3ccccc3)ccc2OC(F)F)cc1. The summed E-state index contributed by atoms with van der Waals surface area (Å²) in [6.07, 6.45) is 1.52. The summed E-state index contributed by atoms with van der Waals surface area (Å²) in [5.41, 5.74) is 2.44. The number of nitrogens with one attached hydrogen (secondary N) is 2. The Morgan fingerprint density at radius 3 is 2.45 bits per heavy atom. The van der Waals surface area contributed by atoms with Gasteiger partial charge in [0.05, 0.1) is 7.11 Å². The van der Waals surface area contributed by atoms with Gasteiger partial charge in [0.25, 0.3) is 5.91 Å². The van der Waals surface area contributed by atoms with E-state index in [-0.39, 0.29) is 5.75 Å². The molecule has 0 unspecified atom stereocenters. The van der Waals surface area contributed by atoms with Gasteiger partial charge in [-0.05, 0) is 60.2 Å². The first-order valence-electron chi connectivity index (χ1n) is 9.87. The molecule has 0 bridgehead atoms. The van der Waals surface area contributed by atoms with E-state index in [1.807, 2.05) is 30.3 Å². The highest BCUT2D eigenvalue weighted by Gasteiger charge is 2.17. The van der Waals surface area contributed by atoms with E-state index < -0.39 is 12.5 Å². The summed E-state index contributed by atoms with van der Waals surface area (Å²) in [5, 5.41) is 2.80. The number of rotatable bonds is 7. The highest BCUT2D eigenvalue weighted by molar-refractivity contribution is 7.71. The second kappa shape index (κ2) is 9.66. The summed E-state index contributed by atoms with van der Waals surface area (Å²) in [6.45, 7) is -2.99. The van der Waals surface area contributed by atoms with Crippen LogP contribution in [0, 0.1) is 4.77 Å². The first kappa shape index (κ1) is 22.2. The van der Waals surface area contributed by atoms with Crippen LogP contribution in [0.25, 0.3) is 16.8 Å². The zero-order valence-corrected chi connectivity index (χ0v) is 18.2. The van der Waals surface area contributed by atoms with Gasteiger partial charge in [-0.25, -0.2) is 0 Å². The molecule has 1 heterocycles. The van der Waals surface area contributed by atoms with Crippen LogP contribution in [-0.2, 0) is 0 Å². The minimum Gasteiger partial charge on any atom is -0.497 e. The first-order chi connectivity index (χ1) is 16.0. The lowest BCUT2D eigenvalue weighted by molar-refractivity contribution is -0.0494. The van der Waals surface area contributed by atoms with E-state index in [1.165, 1.54) is 25.4 Å². The number of hydrogen-bond acceptors (Lipinski definition) is 4. The Morgan fingerprint density at radius 1 is 1.06 bits per heavy atom. The molecule has 0 radical (unpaired) electrons. The van der Waals surface area contributed by atoms with Gasteiger partial charge in [0.2, 0.25) is 0 Å². The molecular weight excluding hydrogens is 448 g/mol. The highest BCUT2D eigenvalue weighted by Crippen LogP contribution is 2.34. The monoisotopic (exact) mass is 467 g/mol. The minimum atomic E-state index is -2.99. The van der Waals surface area contributed by atoms with E-state index in [4.69, 9.17) is 17.0 Å². The van der Waals surface area contributed by atoms with Crippen LogP contribution in [-0.4, -0.2) is 29.2 Å². The van der Waals surface area contributed by atoms with E-state index in [1.54, 1.807) is 34.9 Å². The second-order valence-electron chi connectivity index (χ2n) is 6.92. The fourth-order valence-corrected chi connectivity index (χ4v) is 3.63. The number of anilines is 1. The number of amides is 1. The van der Waals surface area contributed by atoms with Gasteiger partial charge in [-0.15, -0.1) is 0 Å². The topological polar surface area (TPSA) is 68.3 Å². The summed E-state index contributed by atoms with van der Waals surface area (Å²) in [6, 6.07) is 20.5. The molecule has 4 rings (SSSR count). The third-order valence-electron chi connectivity index (χ3n) is 4.88. The smallest absolute Gasteiger partial charge is 0.387 e. The summed E-state index contributed by atoms with van der Waals surface area (Å²) < 4.78 is 37.7. The Balaban J connectivity index is 1.68. The van der Waals surface area contributed by atoms with E-state index in [0.29, 0.717) is 33.0 Å².